The average Bonchev–Trinajstić information content (AvgIpc) is 2.78. The van der Waals surface area contributed by atoms with Gasteiger partial charge in [-0.25, -0.2) is 0 Å². The molecule has 0 unspecified atom stereocenters. The van der Waals surface area contributed by atoms with Crippen LogP contribution in [0, 0.1) is 11.8 Å². The van der Waals surface area contributed by atoms with Crippen LogP contribution in [0.5, 0.6) is 0 Å². The zero-order valence-electron chi connectivity index (χ0n) is 12.7. The lowest BCUT2D eigenvalue weighted by Gasteiger charge is -2.03. The largest absolute Gasteiger partial charge is 0.329 e. The number of fused-ring (bicyclic) bond motifs is 3. The Labute approximate surface area is 143 Å². The topological polar surface area (TPSA) is 8.17 Å². The van der Waals surface area contributed by atoms with Gasteiger partial charge < -0.3 is 4.57 Å². The summed E-state index contributed by atoms with van der Waals surface area (Å²) >= 11 is 0. The van der Waals surface area contributed by atoms with E-state index in [0.717, 1.165) is 13.1 Å². The smallest absolute Gasteiger partial charge is 0.0844 e. The van der Waals surface area contributed by atoms with E-state index in [1.165, 1.54) is 21.8 Å². The first kappa shape index (κ1) is 18.4. The number of aromatic nitrogens is 1. The molecule has 0 aliphatic heterocycles. The Bertz CT molecular complexity index is 757. The van der Waals surface area contributed by atoms with E-state index in [9.17, 15) is 0 Å². The van der Waals surface area contributed by atoms with Crippen molar-refractivity contribution in [2.75, 3.05) is 20.6 Å². The van der Waals surface area contributed by atoms with Crippen molar-refractivity contribution < 1.29 is 0 Å². The number of hydrogen-bond donors (Lipinski definition) is 0. The maximum absolute atomic E-state index is 3.27. The highest BCUT2D eigenvalue weighted by Gasteiger charge is 2.07. The van der Waals surface area contributed by atoms with E-state index < -0.39 is 0 Å². The van der Waals surface area contributed by atoms with Gasteiger partial charge in [0.05, 0.1) is 13.1 Å². The molecule has 0 radical (unpaired) electrons. The first-order chi connectivity index (χ1) is 9.77. The van der Waals surface area contributed by atoms with Gasteiger partial charge in [0.1, 0.15) is 0 Å². The maximum Gasteiger partial charge on any atom is 0.0844 e. The highest BCUT2D eigenvalue weighted by Crippen LogP contribution is 2.28. The van der Waals surface area contributed by atoms with Crippen LogP contribution in [0.25, 0.3) is 21.8 Å². The number of halogens is 2. The van der Waals surface area contributed by atoms with Crippen molar-refractivity contribution in [3.8, 4) is 11.8 Å². The second-order valence-corrected chi connectivity index (χ2v) is 5.21. The second-order valence-electron chi connectivity index (χ2n) is 5.21. The molecule has 0 fully saturated rings. The molecule has 1 heterocycles. The molecule has 22 heavy (non-hydrogen) atoms. The van der Waals surface area contributed by atoms with Crippen LogP contribution in [0.1, 0.15) is 0 Å². The van der Waals surface area contributed by atoms with E-state index in [2.05, 4.69) is 69.8 Å². The first-order valence-electron chi connectivity index (χ1n) is 6.84. The van der Waals surface area contributed by atoms with E-state index in [-0.39, 0.29) is 24.8 Å². The summed E-state index contributed by atoms with van der Waals surface area (Å²) in [6, 6.07) is 17.1. The fourth-order valence-electron chi connectivity index (χ4n) is 2.52. The molecule has 3 aromatic rings. The lowest BCUT2D eigenvalue weighted by Crippen LogP contribution is -2.11. The normalized spacial score (nSPS) is 9.95. The van der Waals surface area contributed by atoms with Crippen molar-refractivity contribution in [1.29, 1.82) is 0 Å². The molecule has 0 bridgehead atoms. The summed E-state index contributed by atoms with van der Waals surface area (Å²) in [6.07, 6.45) is 0. The Morgan fingerprint density at radius 3 is 1.82 bits per heavy atom. The Morgan fingerprint density at radius 2 is 1.32 bits per heavy atom. The van der Waals surface area contributed by atoms with Crippen molar-refractivity contribution in [1.82, 2.24) is 9.47 Å². The molecular weight excluding hydrogens is 315 g/mol. The minimum absolute atomic E-state index is 0. The van der Waals surface area contributed by atoms with Crippen LogP contribution in [0.2, 0.25) is 0 Å². The third-order valence-corrected chi connectivity index (χ3v) is 3.44. The summed E-state index contributed by atoms with van der Waals surface area (Å²) in [7, 11) is 4.07. The predicted molar refractivity (Wildman–Crippen MR) is 100 cm³/mol. The number of rotatable bonds is 2. The minimum atomic E-state index is 0. The number of hydrogen-bond acceptors (Lipinski definition) is 1. The summed E-state index contributed by atoms with van der Waals surface area (Å²) in [4.78, 5) is 2.08. The number of para-hydroxylation sites is 2. The summed E-state index contributed by atoms with van der Waals surface area (Å²) in [5.74, 6) is 6.48. The van der Waals surface area contributed by atoms with Crippen LogP contribution in [0.4, 0.5) is 0 Å². The number of nitrogens with zero attached hydrogens (tertiary/aromatic N) is 2. The van der Waals surface area contributed by atoms with Gasteiger partial charge >= 0.3 is 0 Å². The van der Waals surface area contributed by atoms with Crippen molar-refractivity contribution >= 4 is 46.6 Å². The van der Waals surface area contributed by atoms with E-state index in [4.69, 9.17) is 0 Å². The van der Waals surface area contributed by atoms with Crippen molar-refractivity contribution in [2.24, 2.45) is 0 Å². The van der Waals surface area contributed by atoms with E-state index in [1.807, 2.05) is 14.1 Å². The second kappa shape index (κ2) is 8.10. The van der Waals surface area contributed by atoms with Gasteiger partial charge in [0, 0.05) is 21.8 Å². The molecule has 0 saturated carbocycles. The van der Waals surface area contributed by atoms with Gasteiger partial charge in [-0.1, -0.05) is 48.2 Å². The van der Waals surface area contributed by atoms with Gasteiger partial charge in [0.15, 0.2) is 0 Å². The Kier molecular flexibility index (Phi) is 6.77. The quantitative estimate of drug-likeness (QED) is 0.637. The fraction of sp³-hybridized carbons (Fsp3) is 0.222. The minimum Gasteiger partial charge on any atom is -0.329 e. The Balaban J connectivity index is 0.00000121. The molecule has 1 aromatic heterocycles. The molecule has 116 valence electrons. The summed E-state index contributed by atoms with van der Waals surface area (Å²) < 4.78 is 2.30. The molecular formula is C18H20Cl2N2. The van der Waals surface area contributed by atoms with E-state index >= 15 is 0 Å². The molecule has 0 aliphatic rings. The van der Waals surface area contributed by atoms with Crippen LogP contribution in [0.15, 0.2) is 48.5 Å². The molecule has 0 atom stereocenters. The summed E-state index contributed by atoms with van der Waals surface area (Å²) in [6.45, 7) is 1.54. The lowest BCUT2D eigenvalue weighted by atomic mass is 10.2. The van der Waals surface area contributed by atoms with Crippen molar-refractivity contribution in [3.63, 3.8) is 0 Å². The first-order valence-corrected chi connectivity index (χ1v) is 6.84. The molecule has 0 amide bonds. The molecule has 0 spiro atoms. The highest BCUT2D eigenvalue weighted by atomic mass is 35.5. The van der Waals surface area contributed by atoms with Gasteiger partial charge in [0.25, 0.3) is 0 Å². The third-order valence-electron chi connectivity index (χ3n) is 3.44. The zero-order chi connectivity index (χ0) is 13.9. The number of benzene rings is 2. The van der Waals surface area contributed by atoms with Gasteiger partial charge in [-0.3, -0.25) is 4.90 Å². The third kappa shape index (κ3) is 3.56. The molecule has 0 N–H and O–H groups in total. The van der Waals surface area contributed by atoms with Crippen LogP contribution < -0.4 is 0 Å². The summed E-state index contributed by atoms with van der Waals surface area (Å²) in [5.41, 5.74) is 2.51. The Morgan fingerprint density at radius 1 is 0.818 bits per heavy atom. The van der Waals surface area contributed by atoms with Gasteiger partial charge in [-0.05, 0) is 26.2 Å². The fourth-order valence-corrected chi connectivity index (χ4v) is 2.52. The van der Waals surface area contributed by atoms with Crippen molar-refractivity contribution in [3.05, 3.63) is 48.5 Å². The molecule has 2 aromatic carbocycles. The van der Waals surface area contributed by atoms with Crippen LogP contribution >= 0.6 is 24.8 Å². The molecule has 4 heteroatoms. The van der Waals surface area contributed by atoms with Crippen LogP contribution in [-0.2, 0) is 6.54 Å². The van der Waals surface area contributed by atoms with Gasteiger partial charge in [-0.15, -0.1) is 24.8 Å². The molecule has 3 rings (SSSR count). The van der Waals surface area contributed by atoms with Crippen LogP contribution in [0.3, 0.4) is 0 Å². The standard InChI is InChI=1S/C18H18N2.2ClH/c1-19(2)13-7-8-14-20-17-11-5-3-9-15(17)16-10-4-6-12-18(16)20;;/h3-6,9-12H,13-14H2,1-2H3;2*1H. The molecule has 0 saturated heterocycles. The van der Waals surface area contributed by atoms with Gasteiger partial charge in [0.2, 0.25) is 0 Å². The van der Waals surface area contributed by atoms with Crippen LogP contribution in [-0.4, -0.2) is 30.1 Å². The zero-order valence-corrected chi connectivity index (χ0v) is 14.4. The molecule has 2 nitrogen and oxygen atoms in total. The molecule has 0 aliphatic carbocycles. The highest BCUT2D eigenvalue weighted by molar-refractivity contribution is 6.08. The Hall–Kier alpha value is -1.66. The maximum atomic E-state index is 3.27. The van der Waals surface area contributed by atoms with Gasteiger partial charge in [-0.2, -0.15) is 0 Å². The van der Waals surface area contributed by atoms with E-state index in [0.29, 0.717) is 0 Å². The lowest BCUT2D eigenvalue weighted by molar-refractivity contribution is 0.463. The van der Waals surface area contributed by atoms with Crippen molar-refractivity contribution in [2.45, 2.75) is 6.54 Å². The van der Waals surface area contributed by atoms with E-state index in [1.54, 1.807) is 0 Å². The monoisotopic (exact) mass is 334 g/mol. The summed E-state index contributed by atoms with van der Waals surface area (Å²) in [5, 5.41) is 2.61. The average molecular weight is 335 g/mol. The predicted octanol–water partition coefficient (Wildman–Crippen LogP) is 4.20. The SMILES string of the molecule is CN(C)CC#CCn1c2ccccc2c2ccccc21.Cl.Cl.